The second-order valence-electron chi connectivity index (χ2n) is 8.82. The van der Waals surface area contributed by atoms with E-state index in [4.69, 9.17) is 10.5 Å². The van der Waals surface area contributed by atoms with Crippen LogP contribution in [0.5, 0.6) is 5.75 Å². The number of hydrogen-bond acceptors (Lipinski definition) is 5. The topological polar surface area (TPSA) is 98.3 Å². The average Bonchev–Trinajstić information content (AvgIpc) is 2.75. The molecule has 2 aromatic carbocycles. The number of ether oxygens (including phenoxy) is 1. The molecule has 2 aromatic heterocycles. The van der Waals surface area contributed by atoms with Crippen LogP contribution in [0.3, 0.4) is 0 Å². The van der Waals surface area contributed by atoms with Gasteiger partial charge in [0.05, 0.1) is 12.1 Å². The van der Waals surface area contributed by atoms with Crippen molar-refractivity contribution in [1.82, 2.24) is 9.97 Å². The van der Waals surface area contributed by atoms with E-state index in [1.807, 2.05) is 25.3 Å². The van der Waals surface area contributed by atoms with Gasteiger partial charge in [0.1, 0.15) is 11.3 Å². The van der Waals surface area contributed by atoms with Crippen LogP contribution in [0.1, 0.15) is 28.7 Å². The van der Waals surface area contributed by atoms with Crippen LogP contribution in [0.25, 0.3) is 21.8 Å². The summed E-state index contributed by atoms with van der Waals surface area (Å²) >= 11 is 0. The highest BCUT2D eigenvalue weighted by molar-refractivity contribution is 7.57. The summed E-state index contributed by atoms with van der Waals surface area (Å²) in [6.07, 6.45) is 4.48. The second kappa shape index (κ2) is 9.50. The predicted octanol–water partition coefficient (Wildman–Crippen LogP) is 5.44. The highest BCUT2D eigenvalue weighted by Crippen LogP contribution is 2.35. The van der Waals surface area contributed by atoms with Gasteiger partial charge in [0, 0.05) is 29.8 Å². The van der Waals surface area contributed by atoms with Crippen molar-refractivity contribution in [2.45, 2.75) is 33.1 Å². The van der Waals surface area contributed by atoms with Crippen LogP contribution in [0.4, 0.5) is 5.82 Å². The van der Waals surface area contributed by atoms with Crippen molar-refractivity contribution in [1.29, 1.82) is 0 Å². The number of aryl methyl sites for hydroxylation is 4. The SMILES string of the molecule is Cc1ccc2c(c1)nc(N)c1ncc(CCc3ccc(OCCCP(C)(=O)O)cc3C)cc12. The molecule has 0 saturated heterocycles. The number of nitrogen functional groups attached to an aromatic ring is 1. The predicted molar refractivity (Wildman–Crippen MR) is 136 cm³/mol. The van der Waals surface area contributed by atoms with Gasteiger partial charge in [0.25, 0.3) is 0 Å². The molecule has 2 heterocycles. The van der Waals surface area contributed by atoms with Gasteiger partial charge >= 0.3 is 0 Å². The van der Waals surface area contributed by atoms with Gasteiger partial charge in [-0.3, -0.25) is 9.55 Å². The molecular formula is C26H30N3O3P. The Morgan fingerprint density at radius 1 is 1.06 bits per heavy atom. The summed E-state index contributed by atoms with van der Waals surface area (Å²) in [6, 6.07) is 14.5. The van der Waals surface area contributed by atoms with Crippen molar-refractivity contribution in [2.24, 2.45) is 0 Å². The van der Waals surface area contributed by atoms with Gasteiger partial charge in [0.2, 0.25) is 0 Å². The molecule has 0 aliphatic carbocycles. The maximum absolute atomic E-state index is 11.4. The molecular weight excluding hydrogens is 433 g/mol. The third-order valence-corrected chi connectivity index (χ3v) is 7.00. The van der Waals surface area contributed by atoms with Crippen molar-refractivity contribution < 1.29 is 14.2 Å². The van der Waals surface area contributed by atoms with E-state index < -0.39 is 7.37 Å². The molecule has 1 atom stereocenters. The quantitative estimate of drug-likeness (QED) is 0.205. The summed E-state index contributed by atoms with van der Waals surface area (Å²) in [5.74, 6) is 1.25. The Hall–Kier alpha value is -2.95. The minimum atomic E-state index is -2.97. The minimum absolute atomic E-state index is 0.278. The number of rotatable bonds is 8. The van der Waals surface area contributed by atoms with E-state index in [2.05, 4.69) is 47.2 Å². The zero-order valence-electron chi connectivity index (χ0n) is 19.3. The first-order valence-electron chi connectivity index (χ1n) is 11.2. The molecule has 0 bridgehead atoms. The monoisotopic (exact) mass is 463 g/mol. The molecule has 1 unspecified atom stereocenters. The number of nitrogens with two attached hydrogens (primary N) is 1. The molecule has 0 amide bonds. The fourth-order valence-electron chi connectivity index (χ4n) is 4.06. The number of nitrogens with zero attached hydrogens (tertiary/aromatic N) is 2. The maximum Gasteiger partial charge on any atom is 0.197 e. The Bertz CT molecular complexity index is 1360. The van der Waals surface area contributed by atoms with Gasteiger partial charge < -0.3 is 15.4 Å². The number of aromatic nitrogens is 2. The van der Waals surface area contributed by atoms with Crippen molar-refractivity contribution in [3.05, 3.63) is 70.9 Å². The Morgan fingerprint density at radius 2 is 1.88 bits per heavy atom. The fraction of sp³-hybridized carbons (Fsp3) is 0.308. The number of benzene rings is 2. The van der Waals surface area contributed by atoms with E-state index in [0.717, 1.165) is 51.5 Å². The van der Waals surface area contributed by atoms with Gasteiger partial charge in [0.15, 0.2) is 13.2 Å². The smallest absolute Gasteiger partial charge is 0.197 e. The van der Waals surface area contributed by atoms with Gasteiger partial charge in [-0.05, 0) is 79.6 Å². The van der Waals surface area contributed by atoms with Crippen molar-refractivity contribution >= 4 is 35.0 Å². The summed E-state index contributed by atoms with van der Waals surface area (Å²) in [6.45, 7) is 5.95. The summed E-state index contributed by atoms with van der Waals surface area (Å²) < 4.78 is 17.1. The highest BCUT2D eigenvalue weighted by Gasteiger charge is 2.11. The molecule has 0 spiro atoms. The van der Waals surface area contributed by atoms with Gasteiger partial charge in [-0.2, -0.15) is 0 Å². The standard InChI is InChI=1S/C26H30N3O3P/c1-17-5-10-22-23-15-19(16-28-25(23)26(27)29-24(22)13-17)6-7-20-8-9-21(14-18(20)2)32-11-4-12-33(3,30)31/h5,8-10,13-16H,4,6-7,11-12H2,1-3H3,(H2,27,29)(H,30,31). The van der Waals surface area contributed by atoms with E-state index >= 15 is 0 Å². The van der Waals surface area contributed by atoms with E-state index in [1.54, 1.807) is 0 Å². The number of fused-ring (bicyclic) bond motifs is 3. The lowest BCUT2D eigenvalue weighted by Crippen LogP contribution is -2.02. The van der Waals surface area contributed by atoms with E-state index in [9.17, 15) is 9.46 Å². The van der Waals surface area contributed by atoms with Crippen molar-refractivity contribution in [3.8, 4) is 5.75 Å². The highest BCUT2D eigenvalue weighted by atomic mass is 31.2. The van der Waals surface area contributed by atoms with Crippen LogP contribution in [-0.4, -0.2) is 34.3 Å². The first kappa shape index (κ1) is 23.2. The van der Waals surface area contributed by atoms with Crippen LogP contribution in [-0.2, 0) is 17.4 Å². The average molecular weight is 464 g/mol. The van der Waals surface area contributed by atoms with Crippen molar-refractivity contribution in [2.75, 3.05) is 25.2 Å². The zero-order valence-corrected chi connectivity index (χ0v) is 20.2. The molecule has 4 rings (SSSR count). The van der Waals surface area contributed by atoms with Crippen LogP contribution >= 0.6 is 7.37 Å². The first-order valence-corrected chi connectivity index (χ1v) is 13.4. The molecule has 0 aliphatic rings. The molecule has 33 heavy (non-hydrogen) atoms. The third-order valence-electron chi connectivity index (χ3n) is 5.85. The van der Waals surface area contributed by atoms with E-state index in [1.165, 1.54) is 17.8 Å². The molecule has 0 fully saturated rings. The van der Waals surface area contributed by atoms with Gasteiger partial charge in [-0.25, -0.2) is 4.98 Å². The molecule has 7 heteroatoms. The lowest BCUT2D eigenvalue weighted by atomic mass is 9.99. The molecule has 0 aliphatic heterocycles. The number of hydrogen-bond donors (Lipinski definition) is 2. The summed E-state index contributed by atoms with van der Waals surface area (Å²) in [5.41, 5.74) is 12.5. The van der Waals surface area contributed by atoms with Crippen molar-refractivity contribution in [3.63, 3.8) is 0 Å². The Balaban J connectivity index is 1.47. The van der Waals surface area contributed by atoms with Crippen LogP contribution in [0.2, 0.25) is 0 Å². The molecule has 172 valence electrons. The molecule has 0 saturated carbocycles. The number of anilines is 1. The second-order valence-corrected chi connectivity index (χ2v) is 11.4. The zero-order chi connectivity index (χ0) is 23.6. The minimum Gasteiger partial charge on any atom is -0.494 e. The largest absolute Gasteiger partial charge is 0.494 e. The molecule has 3 N–H and O–H groups in total. The molecule has 4 aromatic rings. The first-order chi connectivity index (χ1) is 15.7. The lowest BCUT2D eigenvalue weighted by Gasteiger charge is -2.12. The Kier molecular flexibility index (Phi) is 6.68. The van der Waals surface area contributed by atoms with Gasteiger partial charge in [-0.15, -0.1) is 0 Å². The van der Waals surface area contributed by atoms with Gasteiger partial charge in [-0.1, -0.05) is 18.2 Å². The Morgan fingerprint density at radius 3 is 2.64 bits per heavy atom. The maximum atomic E-state index is 11.4. The van der Waals surface area contributed by atoms with Crippen LogP contribution in [0, 0.1) is 13.8 Å². The summed E-state index contributed by atoms with van der Waals surface area (Å²) in [7, 11) is -2.97. The number of pyridine rings is 2. The molecule has 6 nitrogen and oxygen atoms in total. The third kappa shape index (κ3) is 5.70. The lowest BCUT2D eigenvalue weighted by molar-refractivity contribution is 0.315. The normalized spacial score (nSPS) is 13.3. The summed E-state index contributed by atoms with van der Waals surface area (Å²) in [5, 5.41) is 2.10. The Labute approximate surface area is 194 Å². The van der Waals surface area contributed by atoms with E-state index in [-0.39, 0.29) is 6.16 Å². The van der Waals surface area contributed by atoms with E-state index in [0.29, 0.717) is 18.8 Å². The van der Waals surface area contributed by atoms with Crippen LogP contribution < -0.4 is 10.5 Å². The summed E-state index contributed by atoms with van der Waals surface area (Å²) in [4.78, 5) is 18.5. The van der Waals surface area contributed by atoms with Crippen LogP contribution in [0.15, 0.2) is 48.7 Å². The fourth-order valence-corrected chi connectivity index (χ4v) is 4.78. The molecule has 0 radical (unpaired) electrons.